The topological polar surface area (TPSA) is 84.0 Å². The fourth-order valence-electron chi connectivity index (χ4n) is 3.41. The first-order valence-corrected chi connectivity index (χ1v) is 9.84. The molecule has 1 aromatic carbocycles. The van der Waals surface area contributed by atoms with Gasteiger partial charge in [-0.2, -0.15) is 5.10 Å². The number of nitrogens with one attached hydrogen (secondary N) is 1. The van der Waals surface area contributed by atoms with Crippen molar-refractivity contribution < 1.29 is 14.0 Å². The molecule has 1 aliphatic carbocycles. The van der Waals surface area contributed by atoms with E-state index in [0.29, 0.717) is 10.9 Å². The van der Waals surface area contributed by atoms with Gasteiger partial charge in [0.2, 0.25) is 5.91 Å². The number of amides is 1. The minimum Gasteiger partial charge on any atom is -0.463 e. The highest BCUT2D eigenvalue weighted by molar-refractivity contribution is 8.15. The molecule has 0 radical (unpaired) electrons. The number of rotatable bonds is 5. The van der Waals surface area contributed by atoms with E-state index < -0.39 is 5.25 Å². The van der Waals surface area contributed by atoms with Crippen LogP contribution in [0, 0.1) is 0 Å². The van der Waals surface area contributed by atoms with Crippen molar-refractivity contribution in [2.24, 2.45) is 10.2 Å². The van der Waals surface area contributed by atoms with Crippen LogP contribution in [0.5, 0.6) is 0 Å². The van der Waals surface area contributed by atoms with Gasteiger partial charge in [0.1, 0.15) is 5.76 Å². The number of carbonyl (C=O) groups is 2. The molecular weight excluding hydrogens is 362 g/mol. The summed E-state index contributed by atoms with van der Waals surface area (Å²) in [5, 5.41) is 10.5. The molecular formula is C20H19N3O3S. The first-order valence-electron chi connectivity index (χ1n) is 8.97. The number of Topliss-reactive ketones (excluding diaryl/α,β-unsaturated/α-hetero) is 1. The van der Waals surface area contributed by atoms with Crippen molar-refractivity contribution in [2.45, 2.75) is 37.4 Å². The number of nitrogens with zero attached hydrogens (tertiary/aromatic N) is 2. The molecule has 0 saturated carbocycles. The van der Waals surface area contributed by atoms with Gasteiger partial charge in [0.15, 0.2) is 11.0 Å². The molecule has 1 aromatic heterocycles. The van der Waals surface area contributed by atoms with Crippen LogP contribution in [0.25, 0.3) is 0 Å². The Morgan fingerprint density at radius 1 is 1.26 bits per heavy atom. The number of fused-ring (bicyclic) bond motifs is 1. The zero-order chi connectivity index (χ0) is 18.6. The number of aryl methyl sites for hydroxylation is 1. The molecule has 27 heavy (non-hydrogen) atoms. The molecule has 138 valence electrons. The molecule has 2 aliphatic rings. The number of hydrogen-bond acceptors (Lipinski definition) is 6. The Kier molecular flexibility index (Phi) is 5.20. The van der Waals surface area contributed by atoms with Crippen LogP contribution < -0.4 is 5.32 Å². The van der Waals surface area contributed by atoms with Gasteiger partial charge in [0.25, 0.3) is 0 Å². The second-order valence-electron chi connectivity index (χ2n) is 6.54. The normalized spacial score (nSPS) is 20.8. The van der Waals surface area contributed by atoms with Crippen LogP contribution in [0.4, 0.5) is 0 Å². The molecule has 1 saturated heterocycles. The minimum atomic E-state index is -0.477. The summed E-state index contributed by atoms with van der Waals surface area (Å²) in [6.07, 6.45) is 7.42. The highest BCUT2D eigenvalue weighted by Crippen LogP contribution is 2.28. The van der Waals surface area contributed by atoms with Crippen LogP contribution >= 0.6 is 11.8 Å². The number of benzene rings is 1. The van der Waals surface area contributed by atoms with Gasteiger partial charge in [0.05, 0.1) is 17.7 Å². The Bertz CT molecular complexity index is 919. The summed E-state index contributed by atoms with van der Waals surface area (Å²) in [4.78, 5) is 25.0. The van der Waals surface area contributed by atoms with E-state index in [-0.39, 0.29) is 18.1 Å². The van der Waals surface area contributed by atoms with Crippen molar-refractivity contribution in [1.29, 1.82) is 0 Å². The van der Waals surface area contributed by atoms with Gasteiger partial charge in [-0.05, 0) is 48.9 Å². The van der Waals surface area contributed by atoms with Crippen molar-refractivity contribution in [1.82, 2.24) is 5.32 Å². The Morgan fingerprint density at radius 2 is 2.15 bits per heavy atom. The van der Waals surface area contributed by atoms with Crippen molar-refractivity contribution >= 4 is 34.8 Å². The maximum atomic E-state index is 12.8. The van der Waals surface area contributed by atoms with Gasteiger partial charge in [-0.1, -0.05) is 30.0 Å². The molecule has 6 nitrogen and oxygen atoms in total. The fraction of sp³-hybridized carbons (Fsp3) is 0.300. The SMILES string of the molecule is O=C(C[C@@H]1S/C(=N/N=C\c2ccco2)NC1=O)c1cccc2c1CCCC2. The lowest BCUT2D eigenvalue weighted by atomic mass is 9.86. The van der Waals surface area contributed by atoms with E-state index in [1.54, 1.807) is 18.4 Å². The number of carbonyl (C=O) groups excluding carboxylic acids is 2. The maximum Gasteiger partial charge on any atom is 0.240 e. The van der Waals surface area contributed by atoms with E-state index in [1.807, 2.05) is 12.1 Å². The Morgan fingerprint density at radius 3 is 3.00 bits per heavy atom. The molecule has 2 aromatic rings. The average molecular weight is 381 g/mol. The maximum absolute atomic E-state index is 12.8. The Labute approximate surface area is 161 Å². The third-order valence-corrected chi connectivity index (χ3v) is 5.79. The fourth-order valence-corrected chi connectivity index (χ4v) is 4.33. The van der Waals surface area contributed by atoms with E-state index in [2.05, 4.69) is 21.6 Å². The molecule has 7 heteroatoms. The van der Waals surface area contributed by atoms with Gasteiger partial charge in [0, 0.05) is 12.0 Å². The summed E-state index contributed by atoms with van der Waals surface area (Å²) >= 11 is 1.24. The number of thioether (sulfide) groups is 1. The van der Waals surface area contributed by atoms with Gasteiger partial charge in [-0.25, -0.2) is 0 Å². The van der Waals surface area contributed by atoms with E-state index in [9.17, 15) is 9.59 Å². The monoisotopic (exact) mass is 381 g/mol. The molecule has 1 fully saturated rings. The molecule has 0 spiro atoms. The third kappa shape index (κ3) is 4.03. The van der Waals surface area contributed by atoms with Crippen LogP contribution in [0.2, 0.25) is 0 Å². The van der Waals surface area contributed by atoms with E-state index in [0.717, 1.165) is 30.4 Å². The zero-order valence-electron chi connectivity index (χ0n) is 14.7. The molecule has 1 amide bonds. The van der Waals surface area contributed by atoms with Crippen molar-refractivity contribution in [3.05, 3.63) is 59.0 Å². The first kappa shape index (κ1) is 17.7. The summed E-state index contributed by atoms with van der Waals surface area (Å²) in [5.74, 6) is 0.390. The first-order chi connectivity index (χ1) is 13.2. The van der Waals surface area contributed by atoms with E-state index in [1.165, 1.54) is 30.0 Å². The number of ketones is 1. The smallest absolute Gasteiger partial charge is 0.240 e. The summed E-state index contributed by atoms with van der Waals surface area (Å²) in [6, 6.07) is 9.43. The van der Waals surface area contributed by atoms with Gasteiger partial charge in [-0.3, -0.25) is 9.59 Å². The molecule has 0 bridgehead atoms. The molecule has 1 aliphatic heterocycles. The largest absolute Gasteiger partial charge is 0.463 e. The highest BCUT2D eigenvalue weighted by atomic mass is 32.2. The van der Waals surface area contributed by atoms with Crippen LogP contribution in [0.3, 0.4) is 0 Å². The van der Waals surface area contributed by atoms with Gasteiger partial charge in [-0.15, -0.1) is 5.10 Å². The second-order valence-corrected chi connectivity index (χ2v) is 7.73. The van der Waals surface area contributed by atoms with Gasteiger partial charge < -0.3 is 9.73 Å². The predicted octanol–water partition coefficient (Wildman–Crippen LogP) is 3.35. The van der Waals surface area contributed by atoms with Crippen LogP contribution in [-0.2, 0) is 17.6 Å². The third-order valence-electron chi connectivity index (χ3n) is 4.72. The summed E-state index contributed by atoms with van der Waals surface area (Å²) in [7, 11) is 0. The summed E-state index contributed by atoms with van der Waals surface area (Å²) in [5.41, 5.74) is 3.20. The highest BCUT2D eigenvalue weighted by Gasteiger charge is 2.33. The van der Waals surface area contributed by atoms with Crippen molar-refractivity contribution in [3.63, 3.8) is 0 Å². The van der Waals surface area contributed by atoms with Crippen LogP contribution in [0.1, 0.15) is 46.5 Å². The Balaban J connectivity index is 1.42. The lowest BCUT2D eigenvalue weighted by Crippen LogP contribution is -2.26. The quantitative estimate of drug-likeness (QED) is 0.489. The van der Waals surface area contributed by atoms with Crippen LogP contribution in [-0.4, -0.2) is 28.3 Å². The standard InChI is InChI=1S/C20H19N3O3S/c24-17(16-9-3-6-13-5-1-2-8-15(13)16)11-18-19(25)22-20(27-18)23-21-12-14-7-4-10-26-14/h3-4,6-7,9-10,12,18H,1-2,5,8,11H2,(H,22,23,25)/b21-12-/t18-/m0/s1. The molecule has 0 unspecified atom stereocenters. The number of hydrogen-bond donors (Lipinski definition) is 1. The van der Waals surface area contributed by atoms with Crippen molar-refractivity contribution in [2.75, 3.05) is 0 Å². The van der Waals surface area contributed by atoms with E-state index in [4.69, 9.17) is 4.42 Å². The van der Waals surface area contributed by atoms with Crippen LogP contribution in [0.15, 0.2) is 51.2 Å². The summed E-state index contributed by atoms with van der Waals surface area (Å²) in [6.45, 7) is 0. The Hall–Kier alpha value is -2.67. The molecule has 1 atom stereocenters. The number of amidine groups is 1. The molecule has 2 heterocycles. The molecule has 4 rings (SSSR count). The van der Waals surface area contributed by atoms with Gasteiger partial charge >= 0.3 is 0 Å². The van der Waals surface area contributed by atoms with E-state index >= 15 is 0 Å². The average Bonchev–Trinajstić information content (AvgIpc) is 3.31. The zero-order valence-corrected chi connectivity index (χ0v) is 15.5. The minimum absolute atomic E-state index is 0.0155. The number of furan rings is 1. The second kappa shape index (κ2) is 7.92. The van der Waals surface area contributed by atoms with Crippen molar-refractivity contribution in [3.8, 4) is 0 Å². The molecule has 1 N–H and O–H groups in total. The predicted molar refractivity (Wildman–Crippen MR) is 105 cm³/mol. The lowest BCUT2D eigenvalue weighted by Gasteiger charge is -2.19. The summed E-state index contributed by atoms with van der Waals surface area (Å²) < 4.78 is 5.13. The lowest BCUT2D eigenvalue weighted by molar-refractivity contribution is -0.118.